The maximum atomic E-state index is 12.2. The lowest BCUT2D eigenvalue weighted by Crippen LogP contribution is -2.15. The van der Waals surface area contributed by atoms with Crippen LogP contribution in [0.25, 0.3) is 11.3 Å². The topological polar surface area (TPSA) is 81.4 Å². The van der Waals surface area contributed by atoms with E-state index >= 15 is 0 Å². The summed E-state index contributed by atoms with van der Waals surface area (Å²) in [6, 6.07) is 6.69. The Balaban J connectivity index is 2.42. The molecule has 1 amide bonds. The van der Waals surface area contributed by atoms with Crippen LogP contribution < -0.4 is 5.32 Å². The Hall–Kier alpha value is -2.05. The molecule has 0 radical (unpaired) electrons. The molecule has 0 atom stereocenters. The summed E-state index contributed by atoms with van der Waals surface area (Å²) in [7, 11) is 0. The van der Waals surface area contributed by atoms with E-state index in [4.69, 9.17) is 32.5 Å². The van der Waals surface area contributed by atoms with Crippen molar-refractivity contribution < 1.29 is 18.8 Å². The minimum atomic E-state index is -0.639. The maximum absolute atomic E-state index is 12.2. The molecular formula is C15H14Cl2N2O4. The number of carbonyl (C=O) groups is 2. The van der Waals surface area contributed by atoms with Crippen molar-refractivity contribution in [3.8, 4) is 11.3 Å². The number of aromatic nitrogens is 1. The molecule has 0 saturated heterocycles. The standard InChI is InChI=1S/C15H14Cl2N2O4/c1-2-22-15(21)12-13(9-3-5-10(17)6-4-9)19-23-14(12)18-11(20)7-8-16/h3-6H,2,7-8H2,1H3,(H,18,20). The van der Waals surface area contributed by atoms with Gasteiger partial charge in [-0.3, -0.25) is 10.1 Å². The number of benzene rings is 1. The number of ether oxygens (including phenoxy) is 1. The number of carbonyl (C=O) groups excluding carboxylic acids is 2. The van der Waals surface area contributed by atoms with E-state index in [-0.39, 0.29) is 42.0 Å². The molecule has 2 rings (SSSR count). The number of hydrogen-bond donors (Lipinski definition) is 1. The molecule has 2 aromatic rings. The minimum absolute atomic E-state index is 0.0529. The van der Waals surface area contributed by atoms with Gasteiger partial charge in [-0.25, -0.2) is 4.79 Å². The van der Waals surface area contributed by atoms with E-state index in [9.17, 15) is 9.59 Å². The molecule has 0 fully saturated rings. The molecule has 0 aliphatic carbocycles. The molecule has 122 valence electrons. The molecular weight excluding hydrogens is 343 g/mol. The molecule has 0 aliphatic heterocycles. The first kappa shape index (κ1) is 17.3. The fourth-order valence-electron chi connectivity index (χ4n) is 1.85. The van der Waals surface area contributed by atoms with Gasteiger partial charge in [-0.1, -0.05) is 28.9 Å². The normalized spacial score (nSPS) is 10.4. The van der Waals surface area contributed by atoms with Gasteiger partial charge in [-0.15, -0.1) is 11.6 Å². The van der Waals surface area contributed by atoms with Crippen molar-refractivity contribution in [2.45, 2.75) is 13.3 Å². The van der Waals surface area contributed by atoms with Crippen molar-refractivity contribution in [2.24, 2.45) is 0 Å². The van der Waals surface area contributed by atoms with Gasteiger partial charge in [0.25, 0.3) is 0 Å². The van der Waals surface area contributed by atoms with Gasteiger partial charge < -0.3 is 9.26 Å². The van der Waals surface area contributed by atoms with Crippen molar-refractivity contribution in [1.29, 1.82) is 0 Å². The van der Waals surface area contributed by atoms with Crippen LogP contribution in [-0.4, -0.2) is 29.5 Å². The minimum Gasteiger partial charge on any atom is -0.462 e. The van der Waals surface area contributed by atoms with E-state index in [0.717, 1.165) is 0 Å². The Morgan fingerprint density at radius 1 is 1.30 bits per heavy atom. The van der Waals surface area contributed by atoms with Crippen molar-refractivity contribution in [2.75, 3.05) is 17.8 Å². The highest BCUT2D eigenvalue weighted by Crippen LogP contribution is 2.30. The highest BCUT2D eigenvalue weighted by atomic mass is 35.5. The van der Waals surface area contributed by atoms with Gasteiger partial charge in [-0.05, 0) is 19.1 Å². The molecule has 1 aromatic carbocycles. The Kier molecular flexibility index (Phi) is 6.01. The zero-order chi connectivity index (χ0) is 16.8. The first-order valence-electron chi connectivity index (χ1n) is 6.85. The summed E-state index contributed by atoms with van der Waals surface area (Å²) in [6.07, 6.45) is 0.0841. The van der Waals surface area contributed by atoms with E-state index < -0.39 is 5.97 Å². The number of rotatable bonds is 6. The Labute approximate surface area is 142 Å². The van der Waals surface area contributed by atoms with Crippen LogP contribution in [0.3, 0.4) is 0 Å². The molecule has 0 unspecified atom stereocenters. The molecule has 0 aliphatic rings. The quantitative estimate of drug-likeness (QED) is 0.629. The first-order chi connectivity index (χ1) is 11.1. The fourth-order valence-corrected chi connectivity index (χ4v) is 2.15. The zero-order valence-electron chi connectivity index (χ0n) is 12.3. The number of alkyl halides is 1. The van der Waals surface area contributed by atoms with Gasteiger partial charge in [0.1, 0.15) is 5.69 Å². The molecule has 1 N–H and O–H groups in total. The molecule has 6 nitrogen and oxygen atoms in total. The lowest BCUT2D eigenvalue weighted by molar-refractivity contribution is -0.115. The van der Waals surface area contributed by atoms with Crippen LogP contribution in [0.1, 0.15) is 23.7 Å². The van der Waals surface area contributed by atoms with Crippen molar-refractivity contribution >= 4 is 41.0 Å². The third kappa shape index (κ3) is 4.24. The second-order valence-electron chi connectivity index (χ2n) is 4.45. The third-order valence-corrected chi connectivity index (χ3v) is 3.30. The average molecular weight is 357 g/mol. The fraction of sp³-hybridized carbons (Fsp3) is 0.267. The average Bonchev–Trinajstić information content (AvgIpc) is 2.92. The number of halogens is 2. The molecule has 0 saturated carbocycles. The van der Waals surface area contributed by atoms with Gasteiger partial charge in [-0.2, -0.15) is 0 Å². The van der Waals surface area contributed by atoms with Gasteiger partial charge in [0, 0.05) is 22.9 Å². The summed E-state index contributed by atoms with van der Waals surface area (Å²) in [6.45, 7) is 1.86. The second kappa shape index (κ2) is 7.99. The summed E-state index contributed by atoms with van der Waals surface area (Å²) in [5.41, 5.74) is 0.928. The third-order valence-electron chi connectivity index (χ3n) is 2.86. The van der Waals surface area contributed by atoms with Crippen molar-refractivity contribution in [3.63, 3.8) is 0 Å². The van der Waals surface area contributed by atoms with Crippen LogP contribution >= 0.6 is 23.2 Å². The molecule has 1 heterocycles. The molecule has 23 heavy (non-hydrogen) atoms. The summed E-state index contributed by atoms with van der Waals surface area (Å²) in [4.78, 5) is 23.9. The van der Waals surface area contributed by atoms with E-state index in [1.54, 1.807) is 31.2 Å². The maximum Gasteiger partial charge on any atom is 0.346 e. The van der Waals surface area contributed by atoms with E-state index in [1.807, 2.05) is 0 Å². The highest BCUT2D eigenvalue weighted by Gasteiger charge is 2.26. The van der Waals surface area contributed by atoms with E-state index in [1.165, 1.54) is 0 Å². The monoisotopic (exact) mass is 356 g/mol. The largest absolute Gasteiger partial charge is 0.462 e. The highest BCUT2D eigenvalue weighted by molar-refractivity contribution is 6.30. The second-order valence-corrected chi connectivity index (χ2v) is 5.26. The van der Waals surface area contributed by atoms with Crippen LogP contribution in [0.2, 0.25) is 5.02 Å². The molecule has 1 aromatic heterocycles. The summed E-state index contributed by atoms with van der Waals surface area (Å²) >= 11 is 11.4. The van der Waals surface area contributed by atoms with E-state index in [2.05, 4.69) is 10.5 Å². The Bertz CT molecular complexity index is 698. The van der Waals surface area contributed by atoms with Gasteiger partial charge in [0.15, 0.2) is 5.56 Å². The lowest BCUT2D eigenvalue weighted by atomic mass is 10.1. The molecule has 0 spiro atoms. The zero-order valence-corrected chi connectivity index (χ0v) is 13.8. The Morgan fingerprint density at radius 2 is 2.00 bits per heavy atom. The van der Waals surface area contributed by atoms with Crippen LogP contribution in [0, 0.1) is 0 Å². The number of hydrogen-bond acceptors (Lipinski definition) is 5. The predicted octanol–water partition coefficient (Wildman–Crippen LogP) is 3.74. The number of esters is 1. The molecule has 0 bridgehead atoms. The summed E-state index contributed by atoms with van der Waals surface area (Å²) < 4.78 is 10.1. The van der Waals surface area contributed by atoms with Crippen LogP contribution in [0.15, 0.2) is 28.8 Å². The van der Waals surface area contributed by atoms with Gasteiger partial charge in [0.2, 0.25) is 11.8 Å². The van der Waals surface area contributed by atoms with E-state index in [0.29, 0.717) is 10.6 Å². The number of nitrogens with one attached hydrogen (secondary N) is 1. The SMILES string of the molecule is CCOC(=O)c1c(-c2ccc(Cl)cc2)noc1NC(=O)CCCl. The number of amides is 1. The predicted molar refractivity (Wildman–Crippen MR) is 86.9 cm³/mol. The number of nitrogens with zero attached hydrogens (tertiary/aromatic N) is 1. The lowest BCUT2D eigenvalue weighted by Gasteiger charge is -2.05. The first-order valence-corrected chi connectivity index (χ1v) is 7.76. The van der Waals surface area contributed by atoms with Gasteiger partial charge >= 0.3 is 5.97 Å². The smallest absolute Gasteiger partial charge is 0.346 e. The van der Waals surface area contributed by atoms with Crippen molar-refractivity contribution in [3.05, 3.63) is 34.9 Å². The summed E-state index contributed by atoms with van der Waals surface area (Å²) in [5, 5.41) is 6.89. The van der Waals surface area contributed by atoms with Crippen LogP contribution in [-0.2, 0) is 9.53 Å². The molecule has 8 heteroatoms. The Morgan fingerprint density at radius 3 is 2.61 bits per heavy atom. The van der Waals surface area contributed by atoms with Crippen LogP contribution in [0.4, 0.5) is 5.88 Å². The number of anilines is 1. The van der Waals surface area contributed by atoms with Crippen molar-refractivity contribution in [1.82, 2.24) is 5.16 Å². The summed E-state index contributed by atoms with van der Waals surface area (Å²) in [5.74, 6) is -0.939. The van der Waals surface area contributed by atoms with Crippen LogP contribution in [0.5, 0.6) is 0 Å². The van der Waals surface area contributed by atoms with Gasteiger partial charge in [0.05, 0.1) is 6.61 Å².